The maximum absolute atomic E-state index is 12.1. The summed E-state index contributed by atoms with van der Waals surface area (Å²) in [5, 5.41) is 3.03. The molecule has 0 fully saturated rings. The van der Waals surface area contributed by atoms with Crippen LogP contribution in [-0.2, 0) is 14.8 Å². The average molecular weight is 383 g/mol. The summed E-state index contributed by atoms with van der Waals surface area (Å²) in [7, 11) is -2.01. The van der Waals surface area contributed by atoms with Gasteiger partial charge in [-0.05, 0) is 36.4 Å². The summed E-state index contributed by atoms with van der Waals surface area (Å²) in [6.45, 7) is -0.00937. The van der Waals surface area contributed by atoms with Crippen molar-refractivity contribution >= 4 is 38.9 Å². The van der Waals surface area contributed by atoms with Gasteiger partial charge in [0.2, 0.25) is 15.9 Å². The fourth-order valence-electron chi connectivity index (χ4n) is 2.22. The number of anilines is 2. The van der Waals surface area contributed by atoms with Crippen molar-refractivity contribution in [2.75, 3.05) is 29.5 Å². The van der Waals surface area contributed by atoms with Crippen LogP contribution < -0.4 is 14.4 Å². The molecule has 134 valence electrons. The Morgan fingerprint density at radius 1 is 1.16 bits per heavy atom. The average Bonchev–Trinajstić information content (AvgIpc) is 2.56. The molecule has 25 heavy (non-hydrogen) atoms. The van der Waals surface area contributed by atoms with Crippen LogP contribution in [0.25, 0.3) is 0 Å². The van der Waals surface area contributed by atoms with Crippen LogP contribution >= 0.6 is 11.6 Å². The zero-order valence-electron chi connectivity index (χ0n) is 13.9. The van der Waals surface area contributed by atoms with E-state index in [0.29, 0.717) is 22.1 Å². The first-order chi connectivity index (χ1) is 11.8. The molecule has 2 aromatic rings. The van der Waals surface area contributed by atoms with E-state index in [1.54, 1.807) is 55.6 Å². The van der Waals surface area contributed by atoms with Crippen LogP contribution in [-0.4, -0.2) is 34.2 Å². The van der Waals surface area contributed by atoms with Gasteiger partial charge in [0.15, 0.2) is 0 Å². The highest BCUT2D eigenvalue weighted by atomic mass is 35.5. The largest absolute Gasteiger partial charge is 0.497 e. The Labute approximate surface area is 152 Å². The quantitative estimate of drug-likeness (QED) is 0.798. The minimum Gasteiger partial charge on any atom is -0.497 e. The number of amides is 1. The number of methoxy groups -OCH3 is 1. The van der Waals surface area contributed by atoms with E-state index in [9.17, 15) is 13.2 Å². The normalized spacial score (nSPS) is 11.0. The minimum atomic E-state index is -3.57. The summed E-state index contributed by atoms with van der Waals surface area (Å²) < 4.78 is 30.3. The Bertz CT molecular complexity index is 838. The molecule has 0 saturated carbocycles. The van der Waals surface area contributed by atoms with E-state index in [-0.39, 0.29) is 18.9 Å². The van der Waals surface area contributed by atoms with Gasteiger partial charge in [-0.1, -0.05) is 23.7 Å². The molecular formula is C17H19ClN2O4S. The van der Waals surface area contributed by atoms with Gasteiger partial charge in [-0.3, -0.25) is 9.10 Å². The zero-order chi connectivity index (χ0) is 18.4. The number of rotatable bonds is 7. The summed E-state index contributed by atoms with van der Waals surface area (Å²) in [6, 6.07) is 13.5. The Morgan fingerprint density at radius 3 is 2.36 bits per heavy atom. The fourth-order valence-corrected chi connectivity index (χ4v) is 3.45. The third kappa shape index (κ3) is 5.37. The van der Waals surface area contributed by atoms with Gasteiger partial charge in [0, 0.05) is 18.7 Å². The number of nitrogens with zero attached hydrogens (tertiary/aromatic N) is 1. The van der Waals surface area contributed by atoms with Crippen molar-refractivity contribution in [1.29, 1.82) is 0 Å². The monoisotopic (exact) mass is 382 g/mol. The molecule has 6 nitrogen and oxygen atoms in total. The van der Waals surface area contributed by atoms with E-state index in [1.165, 1.54) is 0 Å². The second kappa shape index (κ2) is 8.22. The lowest BCUT2D eigenvalue weighted by Gasteiger charge is -2.23. The smallest absolute Gasteiger partial charge is 0.232 e. The molecule has 0 saturated heterocycles. The first-order valence-electron chi connectivity index (χ1n) is 7.47. The number of ether oxygens (including phenoxy) is 1. The van der Waals surface area contributed by atoms with Crippen LogP contribution in [0.15, 0.2) is 48.5 Å². The van der Waals surface area contributed by atoms with Crippen molar-refractivity contribution < 1.29 is 17.9 Å². The van der Waals surface area contributed by atoms with E-state index in [2.05, 4.69) is 5.32 Å². The third-order valence-corrected chi connectivity index (χ3v) is 4.94. The van der Waals surface area contributed by atoms with Crippen molar-refractivity contribution in [3.63, 3.8) is 0 Å². The molecule has 0 unspecified atom stereocenters. The van der Waals surface area contributed by atoms with E-state index in [4.69, 9.17) is 16.3 Å². The highest BCUT2D eigenvalue weighted by molar-refractivity contribution is 7.92. The Hall–Kier alpha value is -2.25. The second-order valence-corrected chi connectivity index (χ2v) is 7.63. The second-order valence-electron chi connectivity index (χ2n) is 5.31. The molecule has 1 amide bonds. The van der Waals surface area contributed by atoms with Crippen molar-refractivity contribution in [3.05, 3.63) is 53.6 Å². The number of benzene rings is 2. The SMILES string of the molecule is COc1ccc(NC(=O)CCN(c2ccccc2Cl)S(C)(=O)=O)cc1. The van der Waals surface area contributed by atoms with Gasteiger partial charge >= 0.3 is 0 Å². The number of halogens is 1. The van der Waals surface area contributed by atoms with Gasteiger partial charge in [0.1, 0.15) is 5.75 Å². The first-order valence-corrected chi connectivity index (χ1v) is 9.70. The molecule has 0 aliphatic carbocycles. The predicted molar refractivity (Wildman–Crippen MR) is 99.9 cm³/mol. The van der Waals surface area contributed by atoms with Crippen LogP contribution in [0.5, 0.6) is 5.75 Å². The highest BCUT2D eigenvalue weighted by Gasteiger charge is 2.20. The molecular weight excluding hydrogens is 364 g/mol. The third-order valence-electron chi connectivity index (χ3n) is 3.44. The molecule has 0 aromatic heterocycles. The number of para-hydroxylation sites is 1. The maximum atomic E-state index is 12.1. The first kappa shape index (κ1) is 19.1. The molecule has 0 bridgehead atoms. The number of sulfonamides is 1. The Kier molecular flexibility index (Phi) is 6.27. The van der Waals surface area contributed by atoms with Gasteiger partial charge < -0.3 is 10.1 Å². The maximum Gasteiger partial charge on any atom is 0.232 e. The molecule has 0 aliphatic rings. The fraction of sp³-hybridized carbons (Fsp3) is 0.235. The molecule has 0 atom stereocenters. The lowest BCUT2D eigenvalue weighted by atomic mass is 10.2. The Balaban J connectivity index is 2.05. The molecule has 0 aliphatic heterocycles. The number of hydrogen-bond donors (Lipinski definition) is 1. The van der Waals surface area contributed by atoms with Gasteiger partial charge in [-0.15, -0.1) is 0 Å². The van der Waals surface area contributed by atoms with Crippen molar-refractivity contribution in [3.8, 4) is 5.75 Å². The molecule has 0 spiro atoms. The van der Waals surface area contributed by atoms with E-state index >= 15 is 0 Å². The van der Waals surface area contributed by atoms with Crippen LogP contribution in [0.2, 0.25) is 5.02 Å². The molecule has 2 aromatic carbocycles. The highest BCUT2D eigenvalue weighted by Crippen LogP contribution is 2.27. The van der Waals surface area contributed by atoms with Crippen molar-refractivity contribution in [2.45, 2.75) is 6.42 Å². The van der Waals surface area contributed by atoms with Crippen LogP contribution in [0, 0.1) is 0 Å². The molecule has 1 N–H and O–H groups in total. The number of hydrogen-bond acceptors (Lipinski definition) is 4. The lowest BCUT2D eigenvalue weighted by molar-refractivity contribution is -0.116. The molecule has 0 radical (unpaired) electrons. The minimum absolute atomic E-state index is 0.00937. The van der Waals surface area contributed by atoms with E-state index < -0.39 is 10.0 Å². The topological polar surface area (TPSA) is 75.7 Å². The lowest BCUT2D eigenvalue weighted by Crippen LogP contribution is -2.33. The summed E-state index contributed by atoms with van der Waals surface area (Å²) in [6.07, 6.45) is 1.07. The van der Waals surface area contributed by atoms with Crippen LogP contribution in [0.4, 0.5) is 11.4 Å². The number of carbonyl (C=O) groups excluding carboxylic acids is 1. The zero-order valence-corrected chi connectivity index (χ0v) is 15.5. The van der Waals surface area contributed by atoms with Crippen LogP contribution in [0.1, 0.15) is 6.42 Å². The predicted octanol–water partition coefficient (Wildman–Crippen LogP) is 3.14. The Morgan fingerprint density at radius 2 is 1.80 bits per heavy atom. The summed E-state index contributed by atoms with van der Waals surface area (Å²) in [5.74, 6) is 0.380. The van der Waals surface area contributed by atoms with E-state index in [0.717, 1.165) is 10.6 Å². The van der Waals surface area contributed by atoms with Gasteiger partial charge in [0.05, 0.1) is 24.1 Å². The molecule has 2 rings (SSSR count). The number of nitrogens with one attached hydrogen (secondary N) is 1. The van der Waals surface area contributed by atoms with Crippen LogP contribution in [0.3, 0.4) is 0 Å². The van der Waals surface area contributed by atoms with E-state index in [1.807, 2.05) is 0 Å². The molecule has 0 heterocycles. The van der Waals surface area contributed by atoms with Gasteiger partial charge in [0.25, 0.3) is 0 Å². The van der Waals surface area contributed by atoms with Crippen molar-refractivity contribution in [2.24, 2.45) is 0 Å². The standard InChI is InChI=1S/C17H19ClN2O4S/c1-24-14-9-7-13(8-10-14)19-17(21)11-12-20(25(2,22)23)16-6-4-3-5-15(16)18/h3-10H,11-12H2,1-2H3,(H,19,21). The van der Waals surface area contributed by atoms with Gasteiger partial charge in [-0.25, -0.2) is 8.42 Å². The van der Waals surface area contributed by atoms with Crippen molar-refractivity contribution in [1.82, 2.24) is 0 Å². The summed E-state index contributed by atoms with van der Waals surface area (Å²) >= 11 is 6.08. The van der Waals surface area contributed by atoms with Gasteiger partial charge in [-0.2, -0.15) is 0 Å². The number of carbonyl (C=O) groups is 1. The summed E-state index contributed by atoms with van der Waals surface area (Å²) in [5.41, 5.74) is 0.957. The summed E-state index contributed by atoms with van der Waals surface area (Å²) in [4.78, 5) is 12.1. The molecule has 8 heteroatoms.